The third-order valence-electron chi connectivity index (χ3n) is 2.69. The zero-order valence-corrected chi connectivity index (χ0v) is 12.3. The first-order valence-electron chi connectivity index (χ1n) is 6.05. The molecule has 0 fully saturated rings. The molecular weight excluding hydrogens is 308 g/mol. The minimum atomic E-state index is 0.378. The molecule has 0 aliphatic carbocycles. The van der Waals surface area contributed by atoms with E-state index < -0.39 is 0 Å². The molecule has 0 aliphatic heterocycles. The first-order chi connectivity index (χ1) is 10.2. The van der Waals surface area contributed by atoms with Crippen LogP contribution in [0.4, 0.5) is 0 Å². The molecule has 0 saturated heterocycles. The van der Waals surface area contributed by atoms with Crippen LogP contribution in [0.1, 0.15) is 11.5 Å². The van der Waals surface area contributed by atoms with Crippen LogP contribution in [0.2, 0.25) is 5.02 Å². The molecule has 0 spiro atoms. The summed E-state index contributed by atoms with van der Waals surface area (Å²) in [4.78, 5) is 8.27. The van der Waals surface area contributed by atoms with Crippen molar-refractivity contribution >= 4 is 23.4 Å². The Morgan fingerprint density at radius 2 is 2.05 bits per heavy atom. The molecule has 3 rings (SSSR count). The maximum absolute atomic E-state index is 8.77. The minimum Gasteiger partial charge on any atom is -0.342 e. The van der Waals surface area contributed by atoms with Gasteiger partial charge in [0.15, 0.2) is 5.82 Å². The number of nitrogens with one attached hydrogen (secondary N) is 1. The Morgan fingerprint density at radius 3 is 2.76 bits per heavy atom. The van der Waals surface area contributed by atoms with E-state index in [0.717, 1.165) is 4.90 Å². The van der Waals surface area contributed by atoms with Gasteiger partial charge in [-0.05, 0) is 36.4 Å². The summed E-state index contributed by atoms with van der Waals surface area (Å²) in [6, 6.07) is 13.0. The molecule has 0 unspecified atom stereocenters. The predicted octanol–water partition coefficient (Wildman–Crippen LogP) is 3.88. The Hall–Kier alpha value is -2.23. The van der Waals surface area contributed by atoms with Crippen LogP contribution < -0.4 is 0 Å². The molecule has 0 aliphatic rings. The number of nitrogens with zero attached hydrogens (tertiary/aromatic N) is 3. The average Bonchev–Trinajstić information content (AvgIpc) is 3.15. The van der Waals surface area contributed by atoms with Crippen LogP contribution in [-0.2, 0) is 5.75 Å². The van der Waals surface area contributed by atoms with Crippen LogP contribution in [0.3, 0.4) is 0 Å². The van der Waals surface area contributed by atoms with E-state index >= 15 is 0 Å². The summed E-state index contributed by atoms with van der Waals surface area (Å²) in [6.45, 7) is 0. The summed E-state index contributed by atoms with van der Waals surface area (Å²) < 4.78 is 5.18. The number of benzene rings is 1. The SMILES string of the molecule is N#Cc1ccc(-c2nc(CSc3ccc(Cl)cc3)no2)[nH]1. The average molecular weight is 317 g/mol. The number of rotatable bonds is 4. The molecule has 0 saturated carbocycles. The van der Waals surface area contributed by atoms with Crippen molar-refractivity contribution in [3.8, 4) is 17.7 Å². The molecule has 0 bridgehead atoms. The van der Waals surface area contributed by atoms with Gasteiger partial charge in [0.1, 0.15) is 17.5 Å². The Morgan fingerprint density at radius 1 is 1.24 bits per heavy atom. The summed E-state index contributed by atoms with van der Waals surface area (Å²) in [6.07, 6.45) is 0. The fourth-order valence-corrected chi connectivity index (χ4v) is 2.55. The molecule has 104 valence electrons. The highest BCUT2D eigenvalue weighted by atomic mass is 35.5. The highest BCUT2D eigenvalue weighted by molar-refractivity contribution is 7.98. The predicted molar refractivity (Wildman–Crippen MR) is 79.8 cm³/mol. The summed E-state index contributed by atoms with van der Waals surface area (Å²) in [5.74, 6) is 1.57. The summed E-state index contributed by atoms with van der Waals surface area (Å²) in [5.41, 5.74) is 1.10. The van der Waals surface area contributed by atoms with E-state index in [1.165, 1.54) is 0 Å². The van der Waals surface area contributed by atoms with Crippen LogP contribution in [-0.4, -0.2) is 15.1 Å². The molecule has 21 heavy (non-hydrogen) atoms. The number of halogens is 1. The van der Waals surface area contributed by atoms with E-state index in [9.17, 15) is 0 Å². The van der Waals surface area contributed by atoms with Gasteiger partial charge in [-0.15, -0.1) is 11.8 Å². The van der Waals surface area contributed by atoms with E-state index in [0.29, 0.717) is 33.9 Å². The highest BCUT2D eigenvalue weighted by Gasteiger charge is 2.11. The summed E-state index contributed by atoms with van der Waals surface area (Å²) in [5, 5.41) is 13.4. The van der Waals surface area contributed by atoms with Crippen LogP contribution >= 0.6 is 23.4 Å². The topological polar surface area (TPSA) is 78.5 Å². The second kappa shape index (κ2) is 6.04. The van der Waals surface area contributed by atoms with Gasteiger partial charge in [0.2, 0.25) is 0 Å². The Bertz CT molecular complexity index is 788. The fourth-order valence-electron chi connectivity index (χ4n) is 1.69. The van der Waals surface area contributed by atoms with Crippen molar-refractivity contribution in [2.75, 3.05) is 0 Å². The van der Waals surface area contributed by atoms with Crippen LogP contribution in [0.25, 0.3) is 11.6 Å². The lowest BCUT2D eigenvalue weighted by atomic mass is 10.4. The van der Waals surface area contributed by atoms with Gasteiger partial charge in [0.05, 0.1) is 5.75 Å². The van der Waals surface area contributed by atoms with Gasteiger partial charge in [0, 0.05) is 9.92 Å². The Kier molecular flexibility index (Phi) is 3.95. The van der Waals surface area contributed by atoms with E-state index in [-0.39, 0.29) is 0 Å². The lowest BCUT2D eigenvalue weighted by Crippen LogP contribution is -1.84. The molecule has 1 N–H and O–H groups in total. The number of hydrogen-bond acceptors (Lipinski definition) is 5. The molecule has 0 amide bonds. The number of hydrogen-bond donors (Lipinski definition) is 1. The van der Waals surface area contributed by atoms with E-state index in [1.807, 2.05) is 30.3 Å². The molecule has 2 heterocycles. The highest BCUT2D eigenvalue weighted by Crippen LogP contribution is 2.24. The molecule has 0 atom stereocenters. The quantitative estimate of drug-likeness (QED) is 0.739. The van der Waals surface area contributed by atoms with Crippen molar-refractivity contribution in [3.05, 3.63) is 52.9 Å². The van der Waals surface area contributed by atoms with Gasteiger partial charge < -0.3 is 9.51 Å². The summed E-state index contributed by atoms with van der Waals surface area (Å²) in [7, 11) is 0. The molecule has 2 aromatic heterocycles. The van der Waals surface area contributed by atoms with Crippen LogP contribution in [0.5, 0.6) is 0 Å². The number of thioether (sulfide) groups is 1. The van der Waals surface area contributed by atoms with Crippen molar-refractivity contribution in [2.24, 2.45) is 0 Å². The van der Waals surface area contributed by atoms with Crippen molar-refractivity contribution in [2.45, 2.75) is 10.6 Å². The third kappa shape index (κ3) is 3.27. The third-order valence-corrected chi connectivity index (χ3v) is 3.95. The van der Waals surface area contributed by atoms with Gasteiger partial charge >= 0.3 is 0 Å². The first kappa shape index (κ1) is 13.7. The lowest BCUT2D eigenvalue weighted by molar-refractivity contribution is 0.424. The van der Waals surface area contributed by atoms with Gasteiger partial charge in [-0.3, -0.25) is 0 Å². The Labute approximate surface area is 129 Å². The second-order valence-electron chi connectivity index (χ2n) is 4.16. The maximum Gasteiger partial charge on any atom is 0.274 e. The second-order valence-corrected chi connectivity index (χ2v) is 5.64. The molecule has 1 aromatic carbocycles. The molecule has 5 nitrogen and oxygen atoms in total. The Balaban J connectivity index is 1.68. The fraction of sp³-hybridized carbons (Fsp3) is 0.0714. The standard InChI is InChI=1S/C14H9ClN4OS/c15-9-1-4-11(5-2-9)21-8-13-18-14(20-19-13)12-6-3-10(7-16)17-12/h1-6,17H,8H2. The summed E-state index contributed by atoms with van der Waals surface area (Å²) >= 11 is 7.43. The molecule has 7 heteroatoms. The van der Waals surface area contributed by atoms with E-state index in [1.54, 1.807) is 23.9 Å². The van der Waals surface area contributed by atoms with Crippen molar-refractivity contribution < 1.29 is 4.52 Å². The smallest absolute Gasteiger partial charge is 0.274 e. The maximum atomic E-state index is 8.77. The monoisotopic (exact) mass is 316 g/mol. The van der Waals surface area contributed by atoms with E-state index in [4.69, 9.17) is 21.4 Å². The largest absolute Gasteiger partial charge is 0.342 e. The van der Waals surface area contributed by atoms with E-state index in [2.05, 4.69) is 15.1 Å². The molecular formula is C14H9ClN4OS. The minimum absolute atomic E-state index is 0.378. The molecule has 0 radical (unpaired) electrons. The lowest BCUT2D eigenvalue weighted by Gasteiger charge is -1.97. The first-order valence-corrected chi connectivity index (χ1v) is 7.41. The number of H-pyrrole nitrogens is 1. The van der Waals surface area contributed by atoms with Crippen molar-refractivity contribution in [3.63, 3.8) is 0 Å². The zero-order valence-electron chi connectivity index (χ0n) is 10.7. The number of aromatic nitrogens is 3. The van der Waals surface area contributed by atoms with Crippen molar-refractivity contribution in [1.29, 1.82) is 5.26 Å². The van der Waals surface area contributed by atoms with Crippen molar-refractivity contribution in [1.82, 2.24) is 15.1 Å². The number of nitriles is 1. The molecule has 3 aromatic rings. The normalized spacial score (nSPS) is 10.5. The van der Waals surface area contributed by atoms with Gasteiger partial charge in [0.25, 0.3) is 5.89 Å². The van der Waals surface area contributed by atoms with Crippen LogP contribution in [0, 0.1) is 11.3 Å². The number of aromatic amines is 1. The van der Waals surface area contributed by atoms with Gasteiger partial charge in [-0.1, -0.05) is 16.8 Å². The zero-order chi connectivity index (χ0) is 14.7. The van der Waals surface area contributed by atoms with Crippen LogP contribution in [0.15, 0.2) is 45.8 Å². The van der Waals surface area contributed by atoms with Gasteiger partial charge in [-0.25, -0.2) is 0 Å². The van der Waals surface area contributed by atoms with Gasteiger partial charge in [-0.2, -0.15) is 10.2 Å².